The van der Waals surface area contributed by atoms with Gasteiger partial charge >= 0.3 is 12.0 Å². The molecule has 1 atom stereocenters. The molecule has 0 bridgehead atoms. The van der Waals surface area contributed by atoms with Crippen LogP contribution in [0.3, 0.4) is 0 Å². The van der Waals surface area contributed by atoms with E-state index >= 15 is 0 Å². The van der Waals surface area contributed by atoms with Gasteiger partial charge in [0, 0.05) is 26.1 Å². The predicted octanol–water partition coefficient (Wildman–Crippen LogP) is 1.93. The molecule has 0 saturated carbocycles. The number of carbonyl (C=O) groups excluding carboxylic acids is 1. The van der Waals surface area contributed by atoms with Crippen LogP contribution in [0, 0.1) is 0 Å². The van der Waals surface area contributed by atoms with Gasteiger partial charge in [0.15, 0.2) is 0 Å². The van der Waals surface area contributed by atoms with E-state index in [4.69, 9.17) is 10.2 Å². The molecular weight excluding hydrogens is 296 g/mol. The first-order valence-corrected chi connectivity index (χ1v) is 8.08. The predicted molar refractivity (Wildman–Crippen MR) is 86.2 cm³/mol. The van der Waals surface area contributed by atoms with Crippen molar-refractivity contribution in [2.75, 3.05) is 19.7 Å². The summed E-state index contributed by atoms with van der Waals surface area (Å²) < 4.78 is 0. The van der Waals surface area contributed by atoms with Crippen LogP contribution in [-0.4, -0.2) is 46.8 Å². The average Bonchev–Trinajstić information content (AvgIpc) is 2.96. The highest BCUT2D eigenvalue weighted by Crippen LogP contribution is 2.35. The molecule has 3 N–H and O–H groups in total. The summed E-state index contributed by atoms with van der Waals surface area (Å²) in [5, 5.41) is 20.5. The number of amides is 2. The maximum absolute atomic E-state index is 12.5. The fourth-order valence-corrected chi connectivity index (χ4v) is 3.03. The largest absolute Gasteiger partial charge is 0.481 e. The summed E-state index contributed by atoms with van der Waals surface area (Å²) in [4.78, 5) is 24.8. The summed E-state index contributed by atoms with van der Waals surface area (Å²) in [6, 6.07) is 7.96. The zero-order chi connectivity index (χ0) is 16.7. The number of hydrogen-bond acceptors (Lipinski definition) is 3. The number of aliphatic hydroxyl groups excluding tert-OH is 1. The summed E-state index contributed by atoms with van der Waals surface area (Å²) in [6.07, 6.45) is 2.82. The van der Waals surface area contributed by atoms with Gasteiger partial charge in [-0.3, -0.25) is 4.79 Å². The number of fused-ring (bicyclic) bond motifs is 1. The van der Waals surface area contributed by atoms with Gasteiger partial charge in [0.2, 0.25) is 0 Å². The van der Waals surface area contributed by atoms with Gasteiger partial charge in [-0.25, -0.2) is 4.79 Å². The van der Waals surface area contributed by atoms with E-state index in [1.807, 2.05) is 12.1 Å². The van der Waals surface area contributed by atoms with E-state index in [9.17, 15) is 9.59 Å². The molecule has 1 aliphatic rings. The molecular formula is C17H24N2O4. The van der Waals surface area contributed by atoms with Crippen LogP contribution < -0.4 is 5.32 Å². The minimum Gasteiger partial charge on any atom is -0.481 e. The molecule has 6 heteroatoms. The maximum Gasteiger partial charge on any atom is 0.317 e. The zero-order valence-electron chi connectivity index (χ0n) is 13.2. The van der Waals surface area contributed by atoms with Crippen molar-refractivity contribution in [3.63, 3.8) is 0 Å². The van der Waals surface area contributed by atoms with E-state index in [0.29, 0.717) is 25.9 Å². The smallest absolute Gasteiger partial charge is 0.317 e. The molecule has 1 aliphatic carbocycles. The zero-order valence-corrected chi connectivity index (χ0v) is 13.2. The number of aliphatic carboxylic acids is 1. The normalized spacial score (nSPS) is 16.0. The van der Waals surface area contributed by atoms with E-state index in [0.717, 1.165) is 12.8 Å². The topological polar surface area (TPSA) is 89.9 Å². The van der Waals surface area contributed by atoms with Crippen molar-refractivity contribution in [1.29, 1.82) is 0 Å². The number of nitrogens with zero attached hydrogens (tertiary/aromatic N) is 1. The van der Waals surface area contributed by atoms with Crippen LogP contribution in [-0.2, 0) is 11.2 Å². The first kappa shape index (κ1) is 17.3. The summed E-state index contributed by atoms with van der Waals surface area (Å²) >= 11 is 0. The lowest BCUT2D eigenvalue weighted by Gasteiger charge is -2.30. The number of carboxylic acids is 1. The van der Waals surface area contributed by atoms with Gasteiger partial charge in [-0.2, -0.15) is 0 Å². The van der Waals surface area contributed by atoms with Crippen LogP contribution in [0.15, 0.2) is 24.3 Å². The highest BCUT2D eigenvalue weighted by atomic mass is 16.4. The van der Waals surface area contributed by atoms with Gasteiger partial charge in [0.1, 0.15) is 0 Å². The lowest BCUT2D eigenvalue weighted by molar-refractivity contribution is -0.137. The average molecular weight is 320 g/mol. The molecule has 0 aliphatic heterocycles. The Morgan fingerprint density at radius 3 is 2.78 bits per heavy atom. The van der Waals surface area contributed by atoms with Crippen LogP contribution in [0.1, 0.15) is 42.9 Å². The van der Waals surface area contributed by atoms with Gasteiger partial charge < -0.3 is 20.4 Å². The standard InChI is InChI=1S/C17H24N2O4/c20-12-4-11-19(17(23)18-10-3-7-16(21)22)15-9-8-13-5-1-2-6-14(13)15/h1-2,5-6,15,20H,3-4,7-12H2,(H,18,23)(H,21,22). The quantitative estimate of drug-likeness (QED) is 0.639. The number of aryl methyl sites for hydroxylation is 1. The molecule has 23 heavy (non-hydrogen) atoms. The minimum atomic E-state index is -0.860. The maximum atomic E-state index is 12.5. The Morgan fingerprint density at radius 1 is 1.26 bits per heavy atom. The highest BCUT2D eigenvalue weighted by molar-refractivity contribution is 5.75. The van der Waals surface area contributed by atoms with Crippen molar-refractivity contribution in [3.8, 4) is 0 Å². The third kappa shape index (κ3) is 4.69. The van der Waals surface area contributed by atoms with Crippen molar-refractivity contribution in [2.24, 2.45) is 0 Å². The molecule has 1 unspecified atom stereocenters. The van der Waals surface area contributed by atoms with E-state index in [1.54, 1.807) is 4.90 Å². The fraction of sp³-hybridized carbons (Fsp3) is 0.529. The molecule has 0 saturated heterocycles. The van der Waals surface area contributed by atoms with Crippen LogP contribution in [0.25, 0.3) is 0 Å². The second-order valence-electron chi connectivity index (χ2n) is 5.75. The lowest BCUT2D eigenvalue weighted by Crippen LogP contribution is -2.43. The second-order valence-corrected chi connectivity index (χ2v) is 5.75. The number of benzene rings is 1. The lowest BCUT2D eigenvalue weighted by atomic mass is 10.1. The Labute approximate surface area is 136 Å². The molecule has 1 aromatic rings. The number of hydrogen-bond donors (Lipinski definition) is 3. The summed E-state index contributed by atoms with van der Waals surface area (Å²) in [6.45, 7) is 0.868. The molecule has 2 rings (SSSR count). The Morgan fingerprint density at radius 2 is 2.04 bits per heavy atom. The molecule has 126 valence electrons. The van der Waals surface area contributed by atoms with Gasteiger partial charge in [-0.05, 0) is 36.8 Å². The first-order chi connectivity index (χ1) is 11.1. The number of carbonyl (C=O) groups is 2. The van der Waals surface area contributed by atoms with Crippen LogP contribution in [0.5, 0.6) is 0 Å². The van der Waals surface area contributed by atoms with E-state index in [2.05, 4.69) is 17.4 Å². The molecule has 6 nitrogen and oxygen atoms in total. The number of aliphatic hydroxyl groups is 1. The number of rotatable bonds is 8. The van der Waals surface area contributed by atoms with Crippen LogP contribution >= 0.6 is 0 Å². The third-order valence-corrected chi connectivity index (χ3v) is 4.14. The monoisotopic (exact) mass is 320 g/mol. The SMILES string of the molecule is O=C(O)CCCNC(=O)N(CCCO)C1CCc2ccccc21. The number of carboxylic acid groups (broad SMARTS) is 1. The van der Waals surface area contributed by atoms with Crippen molar-refractivity contribution in [3.05, 3.63) is 35.4 Å². The minimum absolute atomic E-state index is 0.0252. The Bertz CT molecular complexity index is 547. The van der Waals surface area contributed by atoms with Crippen LogP contribution in [0.4, 0.5) is 4.79 Å². The molecule has 0 spiro atoms. The molecule has 2 amide bonds. The number of nitrogens with one attached hydrogen (secondary N) is 1. The van der Waals surface area contributed by atoms with Crippen molar-refractivity contribution >= 4 is 12.0 Å². The van der Waals surface area contributed by atoms with Gasteiger partial charge in [0.05, 0.1) is 6.04 Å². The van der Waals surface area contributed by atoms with Gasteiger partial charge in [0.25, 0.3) is 0 Å². The van der Waals surface area contributed by atoms with Crippen molar-refractivity contribution < 1.29 is 19.8 Å². The number of urea groups is 1. The van der Waals surface area contributed by atoms with Crippen LogP contribution in [0.2, 0.25) is 0 Å². The molecule has 0 fully saturated rings. The Hall–Kier alpha value is -2.08. The van der Waals surface area contributed by atoms with Gasteiger partial charge in [-0.15, -0.1) is 0 Å². The van der Waals surface area contributed by atoms with Gasteiger partial charge in [-0.1, -0.05) is 24.3 Å². The fourth-order valence-electron chi connectivity index (χ4n) is 3.03. The second kappa shape index (κ2) is 8.53. The van der Waals surface area contributed by atoms with E-state index < -0.39 is 5.97 Å². The third-order valence-electron chi connectivity index (χ3n) is 4.14. The molecule has 0 radical (unpaired) electrons. The summed E-state index contributed by atoms with van der Waals surface area (Å²) in [7, 11) is 0. The molecule has 0 heterocycles. The summed E-state index contributed by atoms with van der Waals surface area (Å²) in [5.74, 6) is -0.860. The van der Waals surface area contributed by atoms with E-state index in [-0.39, 0.29) is 25.1 Å². The molecule has 0 aromatic heterocycles. The molecule has 1 aromatic carbocycles. The first-order valence-electron chi connectivity index (χ1n) is 8.08. The Balaban J connectivity index is 1.99. The summed E-state index contributed by atoms with van der Waals surface area (Å²) in [5.41, 5.74) is 2.44. The van der Waals surface area contributed by atoms with Crippen molar-refractivity contribution in [2.45, 2.75) is 38.1 Å². The van der Waals surface area contributed by atoms with E-state index in [1.165, 1.54) is 11.1 Å². The Kier molecular flexibility index (Phi) is 6.40. The highest BCUT2D eigenvalue weighted by Gasteiger charge is 2.30. The van der Waals surface area contributed by atoms with Crippen molar-refractivity contribution in [1.82, 2.24) is 10.2 Å².